The lowest BCUT2D eigenvalue weighted by Gasteiger charge is -2.20. The van der Waals surface area contributed by atoms with Crippen LogP contribution < -0.4 is 11.2 Å². The number of aryl methyl sites for hydroxylation is 1. The molecule has 1 fully saturated rings. The molecule has 1 aliphatic heterocycles. The zero-order chi connectivity index (χ0) is 19.8. The Labute approximate surface area is 164 Å². The van der Waals surface area contributed by atoms with Gasteiger partial charge >= 0.3 is 5.69 Å². The molecule has 3 aromatic heterocycles. The number of imidazole rings is 1. The number of rotatable bonds is 3. The predicted molar refractivity (Wildman–Crippen MR) is 105 cm³/mol. The number of thioether (sulfide) groups is 1. The van der Waals surface area contributed by atoms with Crippen LogP contribution in [0.25, 0.3) is 11.2 Å². The molecule has 0 bridgehead atoms. The van der Waals surface area contributed by atoms with Crippen molar-refractivity contribution in [2.75, 3.05) is 18.8 Å². The summed E-state index contributed by atoms with van der Waals surface area (Å²) < 4.78 is 9.37. The molecule has 9 nitrogen and oxygen atoms in total. The van der Waals surface area contributed by atoms with Crippen LogP contribution in [0.2, 0.25) is 0 Å². The van der Waals surface area contributed by atoms with Gasteiger partial charge in [-0.05, 0) is 18.6 Å². The van der Waals surface area contributed by atoms with Crippen molar-refractivity contribution in [1.29, 1.82) is 0 Å². The number of hydrogen-bond donors (Lipinski definition) is 0. The van der Waals surface area contributed by atoms with Gasteiger partial charge in [-0.2, -0.15) is 0 Å². The number of aromatic nitrogens is 4. The normalized spacial score (nSPS) is 17.8. The van der Waals surface area contributed by atoms with Crippen molar-refractivity contribution < 1.29 is 9.21 Å². The quantitative estimate of drug-likeness (QED) is 0.640. The minimum atomic E-state index is -0.451. The van der Waals surface area contributed by atoms with Crippen molar-refractivity contribution in [2.24, 2.45) is 14.1 Å². The summed E-state index contributed by atoms with van der Waals surface area (Å²) in [5.74, 6) is 1.68. The van der Waals surface area contributed by atoms with E-state index in [1.807, 2.05) is 17.0 Å². The summed E-state index contributed by atoms with van der Waals surface area (Å²) in [5, 5.41) is 0.240. The topological polar surface area (TPSA) is 95.3 Å². The van der Waals surface area contributed by atoms with Gasteiger partial charge in [-0.25, -0.2) is 9.78 Å². The highest BCUT2D eigenvalue weighted by Crippen LogP contribution is 2.34. The van der Waals surface area contributed by atoms with Crippen molar-refractivity contribution in [3.8, 4) is 0 Å². The second-order valence-corrected chi connectivity index (χ2v) is 8.11. The summed E-state index contributed by atoms with van der Waals surface area (Å²) in [7, 11) is 2.98. The minimum absolute atomic E-state index is 0.0139. The van der Waals surface area contributed by atoms with Crippen LogP contribution >= 0.6 is 11.8 Å². The lowest BCUT2D eigenvalue weighted by Crippen LogP contribution is -2.39. The number of carbonyl (C=O) groups excluding carboxylic acids is 1. The van der Waals surface area contributed by atoms with E-state index < -0.39 is 11.2 Å². The summed E-state index contributed by atoms with van der Waals surface area (Å²) in [6, 6.07) is 3.84. The molecule has 1 atom stereocenters. The van der Waals surface area contributed by atoms with E-state index in [0.717, 1.165) is 22.5 Å². The molecule has 4 rings (SSSR count). The number of amides is 1. The van der Waals surface area contributed by atoms with E-state index >= 15 is 0 Å². The smallest absolute Gasteiger partial charge is 0.332 e. The van der Waals surface area contributed by atoms with E-state index in [9.17, 15) is 14.4 Å². The molecule has 1 unspecified atom stereocenters. The first-order valence-electron chi connectivity index (χ1n) is 9.01. The fourth-order valence-electron chi connectivity index (χ4n) is 3.48. The highest BCUT2D eigenvalue weighted by molar-refractivity contribution is 7.99. The third kappa shape index (κ3) is 3.17. The van der Waals surface area contributed by atoms with E-state index in [2.05, 4.69) is 4.98 Å². The summed E-state index contributed by atoms with van der Waals surface area (Å²) in [6.45, 7) is 1.28. The first-order valence-corrected chi connectivity index (χ1v) is 10.1. The summed E-state index contributed by atoms with van der Waals surface area (Å²) >= 11 is 1.78. The van der Waals surface area contributed by atoms with Crippen LogP contribution in [-0.4, -0.2) is 48.3 Å². The zero-order valence-electron chi connectivity index (χ0n) is 15.7. The molecule has 0 aromatic carbocycles. The zero-order valence-corrected chi connectivity index (χ0v) is 16.5. The van der Waals surface area contributed by atoms with Crippen LogP contribution in [0.3, 0.4) is 0 Å². The first kappa shape index (κ1) is 18.6. The molecule has 0 spiro atoms. The second kappa shape index (κ2) is 7.34. The molecular weight excluding hydrogens is 382 g/mol. The summed E-state index contributed by atoms with van der Waals surface area (Å²) in [6.07, 6.45) is 3.92. The fraction of sp³-hybridized carbons (Fsp3) is 0.444. The Morgan fingerprint density at radius 2 is 2.11 bits per heavy atom. The van der Waals surface area contributed by atoms with Gasteiger partial charge in [-0.3, -0.25) is 18.7 Å². The lowest BCUT2D eigenvalue weighted by atomic mass is 10.2. The molecule has 1 aliphatic rings. The van der Waals surface area contributed by atoms with Gasteiger partial charge in [0.05, 0.1) is 17.8 Å². The monoisotopic (exact) mass is 403 g/mol. The van der Waals surface area contributed by atoms with E-state index in [4.69, 9.17) is 4.42 Å². The lowest BCUT2D eigenvalue weighted by molar-refractivity contribution is -0.131. The van der Waals surface area contributed by atoms with Gasteiger partial charge in [-0.15, -0.1) is 11.8 Å². The van der Waals surface area contributed by atoms with Crippen LogP contribution in [0, 0.1) is 0 Å². The maximum Gasteiger partial charge on any atom is 0.332 e. The maximum absolute atomic E-state index is 12.9. The van der Waals surface area contributed by atoms with E-state index in [1.54, 1.807) is 25.1 Å². The molecule has 0 radical (unpaired) electrons. The molecule has 4 heterocycles. The largest absolute Gasteiger partial charge is 0.468 e. The van der Waals surface area contributed by atoms with E-state index in [-0.39, 0.29) is 28.9 Å². The third-order valence-electron chi connectivity index (χ3n) is 5.08. The predicted octanol–water partition coefficient (Wildman–Crippen LogP) is 0.733. The molecule has 148 valence electrons. The van der Waals surface area contributed by atoms with Gasteiger partial charge in [0, 0.05) is 32.9 Å². The highest BCUT2D eigenvalue weighted by Gasteiger charge is 2.24. The van der Waals surface area contributed by atoms with Gasteiger partial charge in [0.15, 0.2) is 11.2 Å². The Morgan fingerprint density at radius 3 is 2.86 bits per heavy atom. The second-order valence-electron chi connectivity index (χ2n) is 6.79. The van der Waals surface area contributed by atoms with Crippen LogP contribution in [0.15, 0.2) is 38.7 Å². The van der Waals surface area contributed by atoms with Crippen LogP contribution in [-0.2, 0) is 25.4 Å². The average Bonchev–Trinajstić information content (AvgIpc) is 3.30. The van der Waals surface area contributed by atoms with Gasteiger partial charge in [0.1, 0.15) is 12.3 Å². The minimum Gasteiger partial charge on any atom is -0.468 e. The van der Waals surface area contributed by atoms with Crippen LogP contribution in [0.5, 0.6) is 0 Å². The van der Waals surface area contributed by atoms with Crippen molar-refractivity contribution in [1.82, 2.24) is 23.6 Å². The summed E-state index contributed by atoms with van der Waals surface area (Å²) in [5.41, 5.74) is -0.351. The number of nitrogens with zero attached hydrogens (tertiary/aromatic N) is 5. The molecule has 0 N–H and O–H groups in total. The van der Waals surface area contributed by atoms with Crippen molar-refractivity contribution in [2.45, 2.75) is 18.2 Å². The highest BCUT2D eigenvalue weighted by atomic mass is 32.2. The molecular formula is C18H21N5O4S. The fourth-order valence-corrected chi connectivity index (χ4v) is 4.67. The van der Waals surface area contributed by atoms with Gasteiger partial charge in [-0.1, -0.05) is 0 Å². The number of hydrogen-bond acceptors (Lipinski definition) is 6. The maximum atomic E-state index is 12.9. The Kier molecular flexibility index (Phi) is 4.88. The molecule has 10 heteroatoms. The van der Waals surface area contributed by atoms with Gasteiger partial charge in [0.25, 0.3) is 5.56 Å². The van der Waals surface area contributed by atoms with E-state index in [1.165, 1.54) is 22.5 Å². The van der Waals surface area contributed by atoms with Crippen molar-refractivity contribution in [3.63, 3.8) is 0 Å². The Balaban J connectivity index is 1.54. The number of furan rings is 1. The molecule has 0 saturated carbocycles. The number of carbonyl (C=O) groups is 1. The third-order valence-corrected chi connectivity index (χ3v) is 6.37. The Hall–Kier alpha value is -2.75. The van der Waals surface area contributed by atoms with Gasteiger partial charge < -0.3 is 13.9 Å². The average molecular weight is 403 g/mol. The van der Waals surface area contributed by atoms with Crippen LogP contribution in [0.1, 0.15) is 17.4 Å². The van der Waals surface area contributed by atoms with Crippen LogP contribution in [0.4, 0.5) is 0 Å². The molecule has 0 aliphatic carbocycles. The Bertz CT molecular complexity index is 1130. The van der Waals surface area contributed by atoms with Crippen molar-refractivity contribution in [3.05, 3.63) is 51.3 Å². The molecule has 28 heavy (non-hydrogen) atoms. The Morgan fingerprint density at radius 1 is 1.29 bits per heavy atom. The standard InChI is InChI=1S/C18H21N5O4S/c1-20-16-15(17(25)21(2)18(20)26)23(11-19-16)10-14(24)22-6-5-13(28-9-7-22)12-4-3-8-27-12/h3-4,8,11,13H,5-7,9-10H2,1-2H3. The van der Waals surface area contributed by atoms with Gasteiger partial charge in [0.2, 0.25) is 5.91 Å². The van der Waals surface area contributed by atoms with Crippen molar-refractivity contribution >= 4 is 28.8 Å². The molecule has 1 saturated heterocycles. The molecule has 3 aromatic rings. The SMILES string of the molecule is Cn1c(=O)c2c(ncn2CC(=O)N2CCSC(c3ccco3)CC2)n(C)c1=O. The number of fused-ring (bicyclic) bond motifs is 1. The summed E-state index contributed by atoms with van der Waals surface area (Å²) in [4.78, 5) is 43.4. The first-order chi connectivity index (χ1) is 13.5. The van der Waals surface area contributed by atoms with E-state index in [0.29, 0.717) is 13.1 Å². The molecule has 1 amide bonds.